The lowest BCUT2D eigenvalue weighted by atomic mass is 10.4. The average Bonchev–Trinajstić information content (AvgIpc) is 2.37. The van der Waals surface area contributed by atoms with Crippen molar-refractivity contribution in [3.8, 4) is 0 Å². The van der Waals surface area contributed by atoms with E-state index in [9.17, 15) is 8.78 Å². The van der Waals surface area contributed by atoms with E-state index in [4.69, 9.17) is 5.73 Å². The Morgan fingerprint density at radius 2 is 1.90 bits per heavy atom. The van der Waals surface area contributed by atoms with Crippen LogP contribution in [0.4, 0.5) is 8.78 Å². The van der Waals surface area contributed by atoms with Crippen LogP contribution in [0.15, 0.2) is 0 Å². The smallest absolute Gasteiger partial charge is 0.257 e. The van der Waals surface area contributed by atoms with E-state index in [1.54, 1.807) is 0 Å². The zero-order valence-electron chi connectivity index (χ0n) is 5.56. The molecule has 0 aromatic heterocycles. The Morgan fingerprint density at radius 1 is 1.40 bits per heavy atom. The van der Waals surface area contributed by atoms with E-state index in [-0.39, 0.29) is 11.8 Å². The molecule has 0 spiro atoms. The second-order valence-electron chi connectivity index (χ2n) is 3.11. The van der Waals surface area contributed by atoms with Gasteiger partial charge in [0, 0.05) is 31.6 Å². The lowest BCUT2D eigenvalue weighted by Gasteiger charge is -2.15. The first-order chi connectivity index (χ1) is 4.66. The molecule has 58 valence electrons. The van der Waals surface area contributed by atoms with Crippen LogP contribution in [0.2, 0.25) is 0 Å². The largest absolute Gasteiger partial charge is 0.318 e. The lowest BCUT2D eigenvalue weighted by Crippen LogP contribution is -2.32. The van der Waals surface area contributed by atoms with Crippen molar-refractivity contribution in [3.05, 3.63) is 0 Å². The highest BCUT2D eigenvalue weighted by Gasteiger charge is 2.71. The van der Waals surface area contributed by atoms with Gasteiger partial charge in [0.05, 0.1) is 0 Å². The minimum Gasteiger partial charge on any atom is -0.318 e. The quantitative estimate of drug-likeness (QED) is 0.571. The molecule has 4 heteroatoms. The first kappa shape index (κ1) is 6.49. The molecule has 2 rings (SSSR count). The van der Waals surface area contributed by atoms with Crippen LogP contribution in [-0.4, -0.2) is 30.6 Å². The number of hydrogen-bond acceptors (Lipinski definition) is 2. The van der Waals surface area contributed by atoms with E-state index in [2.05, 4.69) is 0 Å². The Bertz CT molecular complexity index is 146. The Labute approximate surface area is 58.0 Å². The summed E-state index contributed by atoms with van der Waals surface area (Å²) in [5.74, 6) is -3.11. The summed E-state index contributed by atoms with van der Waals surface area (Å²) in [6.45, 7) is 1.41. The molecule has 1 aliphatic carbocycles. The van der Waals surface area contributed by atoms with E-state index < -0.39 is 5.92 Å². The second kappa shape index (κ2) is 1.68. The van der Waals surface area contributed by atoms with Crippen molar-refractivity contribution in [3.63, 3.8) is 0 Å². The van der Waals surface area contributed by atoms with Crippen LogP contribution >= 0.6 is 0 Å². The van der Waals surface area contributed by atoms with Crippen LogP contribution < -0.4 is 5.73 Å². The van der Waals surface area contributed by atoms with Crippen molar-refractivity contribution in [1.82, 2.24) is 4.90 Å². The molecule has 0 aromatic carbocycles. The Balaban J connectivity index is 1.96. The van der Waals surface area contributed by atoms with Gasteiger partial charge in [0.25, 0.3) is 5.92 Å². The maximum atomic E-state index is 12.5. The maximum Gasteiger partial charge on any atom is 0.257 e. The summed E-state index contributed by atoms with van der Waals surface area (Å²) in [7, 11) is 0. The van der Waals surface area contributed by atoms with Gasteiger partial charge < -0.3 is 5.73 Å². The molecule has 10 heavy (non-hydrogen) atoms. The van der Waals surface area contributed by atoms with Gasteiger partial charge in [0.2, 0.25) is 0 Å². The highest BCUT2D eigenvalue weighted by molar-refractivity contribution is 5.11. The van der Waals surface area contributed by atoms with Gasteiger partial charge in [-0.25, -0.2) is 8.78 Å². The monoisotopic (exact) mass is 148 g/mol. The highest BCUT2D eigenvalue weighted by atomic mass is 19.3. The number of halogens is 2. The van der Waals surface area contributed by atoms with Crippen LogP contribution in [0, 0.1) is 11.8 Å². The fourth-order valence-electron chi connectivity index (χ4n) is 1.74. The predicted molar refractivity (Wildman–Crippen MR) is 32.6 cm³/mol. The summed E-state index contributed by atoms with van der Waals surface area (Å²) in [6, 6.07) is 0. The van der Waals surface area contributed by atoms with Gasteiger partial charge in [-0.05, 0) is 0 Å². The molecular weight excluding hydrogens is 138 g/mol. The minimum atomic E-state index is -2.36. The molecule has 0 aromatic rings. The lowest BCUT2D eigenvalue weighted by molar-refractivity contribution is 0.0540. The number of alkyl halides is 2. The van der Waals surface area contributed by atoms with Crippen molar-refractivity contribution >= 4 is 0 Å². The van der Waals surface area contributed by atoms with E-state index in [0.717, 1.165) is 0 Å². The number of rotatable bonds is 1. The third-order valence-electron chi connectivity index (χ3n) is 2.53. The van der Waals surface area contributed by atoms with Crippen molar-refractivity contribution in [2.24, 2.45) is 17.6 Å². The van der Waals surface area contributed by atoms with Crippen LogP contribution in [0.3, 0.4) is 0 Å². The van der Waals surface area contributed by atoms with Crippen LogP contribution in [-0.2, 0) is 0 Å². The van der Waals surface area contributed by atoms with Crippen molar-refractivity contribution in [2.75, 3.05) is 19.8 Å². The molecule has 1 heterocycles. The van der Waals surface area contributed by atoms with Gasteiger partial charge in [-0.2, -0.15) is 0 Å². The third-order valence-corrected chi connectivity index (χ3v) is 2.53. The topological polar surface area (TPSA) is 29.3 Å². The van der Waals surface area contributed by atoms with E-state index in [1.165, 1.54) is 0 Å². The molecule has 0 radical (unpaired) electrons. The van der Waals surface area contributed by atoms with Gasteiger partial charge in [-0.1, -0.05) is 0 Å². The summed E-state index contributed by atoms with van der Waals surface area (Å²) in [6.07, 6.45) is 0. The van der Waals surface area contributed by atoms with Crippen molar-refractivity contribution < 1.29 is 8.78 Å². The number of likely N-dealkylation sites (tertiary alicyclic amines) is 1. The van der Waals surface area contributed by atoms with E-state index in [1.807, 2.05) is 4.90 Å². The van der Waals surface area contributed by atoms with Gasteiger partial charge in [-0.3, -0.25) is 4.90 Å². The van der Waals surface area contributed by atoms with Crippen molar-refractivity contribution in [2.45, 2.75) is 5.92 Å². The molecule has 1 saturated carbocycles. The molecule has 2 aliphatic rings. The first-order valence-electron chi connectivity index (χ1n) is 3.46. The van der Waals surface area contributed by atoms with Crippen molar-refractivity contribution in [1.29, 1.82) is 0 Å². The Morgan fingerprint density at radius 3 is 2.30 bits per heavy atom. The second-order valence-corrected chi connectivity index (χ2v) is 3.11. The molecule has 2 unspecified atom stereocenters. The summed E-state index contributed by atoms with van der Waals surface area (Å²) >= 11 is 0. The normalized spacial score (nSPS) is 43.5. The number of nitrogens with two attached hydrogens (primary N) is 1. The summed E-state index contributed by atoms with van der Waals surface area (Å²) in [5.41, 5.74) is 5.29. The standard InChI is InChI=1S/C6H10F2N2/c7-6(8)4-1-10(3-9)2-5(4)6/h4-5H,1-3,9H2. The Kier molecular flexibility index (Phi) is 1.09. The Hall–Kier alpha value is -0.220. The molecule has 0 amide bonds. The summed E-state index contributed by atoms with van der Waals surface area (Å²) < 4.78 is 25.0. The fourth-order valence-corrected chi connectivity index (χ4v) is 1.74. The molecule has 1 saturated heterocycles. The molecule has 0 bridgehead atoms. The third kappa shape index (κ3) is 0.632. The maximum absolute atomic E-state index is 12.5. The van der Waals surface area contributed by atoms with E-state index in [0.29, 0.717) is 19.8 Å². The number of piperidine rings is 1. The average molecular weight is 148 g/mol. The summed E-state index contributed by atoms with van der Waals surface area (Å²) in [4.78, 5) is 1.87. The molecule has 1 aliphatic heterocycles. The highest BCUT2D eigenvalue weighted by Crippen LogP contribution is 2.58. The molecule has 2 N–H and O–H groups in total. The molecule has 2 nitrogen and oxygen atoms in total. The first-order valence-corrected chi connectivity index (χ1v) is 3.46. The van der Waals surface area contributed by atoms with Gasteiger partial charge in [0.15, 0.2) is 0 Å². The SMILES string of the molecule is NCN1CC2C(C1)C2(F)F. The van der Waals surface area contributed by atoms with Crippen LogP contribution in [0.5, 0.6) is 0 Å². The zero-order valence-corrected chi connectivity index (χ0v) is 5.56. The number of fused-ring (bicyclic) bond motifs is 1. The van der Waals surface area contributed by atoms with Gasteiger partial charge in [0.1, 0.15) is 0 Å². The molecule has 2 atom stereocenters. The zero-order chi connectivity index (χ0) is 7.35. The fraction of sp³-hybridized carbons (Fsp3) is 1.00. The number of hydrogen-bond donors (Lipinski definition) is 1. The van der Waals surface area contributed by atoms with Crippen LogP contribution in [0.1, 0.15) is 0 Å². The van der Waals surface area contributed by atoms with Gasteiger partial charge >= 0.3 is 0 Å². The number of nitrogens with zero attached hydrogens (tertiary/aromatic N) is 1. The summed E-state index contributed by atoms with van der Waals surface area (Å²) in [5, 5.41) is 0. The minimum absolute atomic E-state index is 0.379. The predicted octanol–water partition coefficient (Wildman–Crippen LogP) is 0.0995. The molecule has 2 fully saturated rings. The molecular formula is C6H10F2N2. The van der Waals surface area contributed by atoms with Crippen LogP contribution in [0.25, 0.3) is 0 Å². The van der Waals surface area contributed by atoms with E-state index >= 15 is 0 Å². The van der Waals surface area contributed by atoms with Gasteiger partial charge in [-0.15, -0.1) is 0 Å².